The van der Waals surface area contributed by atoms with Crippen LogP contribution in [0.25, 0.3) is 22.3 Å². The lowest BCUT2D eigenvalue weighted by molar-refractivity contribution is -0.145. The quantitative estimate of drug-likeness (QED) is 0.0658. The van der Waals surface area contributed by atoms with E-state index in [2.05, 4.69) is 98.3 Å². The number of hydrogen-bond donors (Lipinski definition) is 3. The molecule has 12 rings (SSSR count). The van der Waals surface area contributed by atoms with Crippen molar-refractivity contribution >= 4 is 11.9 Å². The Morgan fingerprint density at radius 1 is 0.595 bits per heavy atom. The Balaban J connectivity index is 0.000000159. The first-order valence-electron chi connectivity index (χ1n) is 26.4. The minimum absolute atomic E-state index is 0.00156. The minimum Gasteiger partial charge on any atom is -0.493 e. The number of nitrogens with zero attached hydrogens (tertiary/aromatic N) is 2. The summed E-state index contributed by atoms with van der Waals surface area (Å²) < 4.78 is 29.2. The fourth-order valence-corrected chi connectivity index (χ4v) is 12.0. The SMILES string of the molecule is CCOC(=O)[C@H]1[C@@H]2Cc3cc(OCc4cccc(-c5c(C)cc(OCCC6(O)CC6)cc5C)c4)ncc3[C@@H]21.Cc1cc(OCCC2(O)CC2)cc(C)c1-c1cccc(COc2cc3c(cn2)[C@H]2[C@@H](C3)[C@@H]2C(=O)O)c1. The topological polar surface area (TPSA) is 167 Å². The number of ether oxygens (including phenoxy) is 5. The number of aliphatic hydroxyl groups is 2. The van der Waals surface area contributed by atoms with E-state index in [1.807, 2.05) is 37.4 Å². The lowest BCUT2D eigenvalue weighted by Crippen LogP contribution is -2.12. The summed E-state index contributed by atoms with van der Waals surface area (Å²) >= 11 is 0. The zero-order valence-corrected chi connectivity index (χ0v) is 43.0. The molecule has 0 aliphatic heterocycles. The van der Waals surface area contributed by atoms with E-state index in [0.717, 1.165) is 100 Å². The zero-order chi connectivity index (χ0) is 51.5. The number of hydrogen-bond acceptors (Lipinski definition) is 11. The molecule has 74 heavy (non-hydrogen) atoms. The first-order chi connectivity index (χ1) is 35.7. The molecule has 0 amide bonds. The van der Waals surface area contributed by atoms with Gasteiger partial charge in [0.25, 0.3) is 0 Å². The third-order valence-electron chi connectivity index (χ3n) is 16.4. The molecule has 2 aromatic heterocycles. The number of esters is 1. The number of aryl methyl sites for hydroxylation is 4. The van der Waals surface area contributed by atoms with Crippen molar-refractivity contribution in [3.8, 4) is 45.5 Å². The van der Waals surface area contributed by atoms with Crippen molar-refractivity contribution in [1.29, 1.82) is 0 Å². The number of pyridine rings is 2. The fourth-order valence-electron chi connectivity index (χ4n) is 12.0. The molecule has 0 radical (unpaired) electrons. The number of aliphatic carboxylic acids is 1. The lowest BCUT2D eigenvalue weighted by Gasteiger charge is -2.16. The summed E-state index contributed by atoms with van der Waals surface area (Å²) in [5.41, 5.74) is 15.1. The van der Waals surface area contributed by atoms with E-state index in [1.54, 1.807) is 6.20 Å². The number of aromatic nitrogens is 2. The first kappa shape index (κ1) is 49.5. The average Bonchev–Trinajstić information content (AvgIpc) is 4.33. The molecule has 384 valence electrons. The summed E-state index contributed by atoms with van der Waals surface area (Å²) in [4.78, 5) is 32.4. The van der Waals surface area contributed by atoms with Crippen LogP contribution in [-0.2, 0) is 40.4 Å². The van der Waals surface area contributed by atoms with Gasteiger partial charge in [-0.1, -0.05) is 36.4 Å². The number of rotatable bonds is 19. The maximum atomic E-state index is 12.1. The van der Waals surface area contributed by atoms with Gasteiger partial charge in [-0.05, 0) is 199 Å². The zero-order valence-electron chi connectivity index (χ0n) is 43.0. The number of carbonyl (C=O) groups is 2. The van der Waals surface area contributed by atoms with Gasteiger partial charge in [-0.3, -0.25) is 9.59 Å². The number of carbonyl (C=O) groups excluding carboxylic acids is 1. The van der Waals surface area contributed by atoms with Crippen LogP contribution in [0.15, 0.2) is 97.3 Å². The predicted octanol–water partition coefficient (Wildman–Crippen LogP) is 10.9. The molecule has 2 heterocycles. The Labute approximate surface area is 433 Å². The van der Waals surface area contributed by atoms with Crippen molar-refractivity contribution < 1.29 is 48.6 Å². The number of carboxylic acid groups (broad SMARTS) is 1. The van der Waals surface area contributed by atoms with Gasteiger partial charge in [0, 0.05) is 49.2 Å². The largest absolute Gasteiger partial charge is 0.493 e. The normalized spacial score (nSPS) is 22.1. The maximum Gasteiger partial charge on any atom is 0.309 e. The summed E-state index contributed by atoms with van der Waals surface area (Å²) in [5.74, 6) is 2.84. The van der Waals surface area contributed by atoms with Crippen molar-refractivity contribution in [2.75, 3.05) is 19.8 Å². The first-order valence-corrected chi connectivity index (χ1v) is 26.4. The summed E-state index contributed by atoms with van der Waals surface area (Å²) in [6, 6.07) is 29.1. The van der Waals surface area contributed by atoms with Crippen molar-refractivity contribution in [2.24, 2.45) is 23.7 Å². The minimum atomic E-state index is -0.698. The molecule has 12 heteroatoms. The van der Waals surface area contributed by atoms with Crippen LogP contribution in [0, 0.1) is 51.4 Å². The third-order valence-corrected chi connectivity index (χ3v) is 16.4. The van der Waals surface area contributed by atoms with E-state index in [-0.39, 0.29) is 35.6 Å². The van der Waals surface area contributed by atoms with Gasteiger partial charge in [0.05, 0.1) is 42.9 Å². The second kappa shape index (κ2) is 19.8. The molecule has 6 aliphatic rings. The van der Waals surface area contributed by atoms with Gasteiger partial charge in [-0.25, -0.2) is 9.97 Å². The molecule has 4 fully saturated rings. The van der Waals surface area contributed by atoms with Gasteiger partial charge < -0.3 is 39.0 Å². The molecule has 12 nitrogen and oxygen atoms in total. The van der Waals surface area contributed by atoms with Gasteiger partial charge in [0.15, 0.2) is 0 Å². The molecule has 0 spiro atoms. The van der Waals surface area contributed by atoms with Crippen LogP contribution in [0.3, 0.4) is 0 Å². The number of carboxylic acids is 1. The molecule has 3 N–H and O–H groups in total. The molecule has 6 atom stereocenters. The molecule has 4 aromatic carbocycles. The monoisotopic (exact) mass is 998 g/mol. The van der Waals surface area contributed by atoms with Crippen LogP contribution in [0.4, 0.5) is 0 Å². The van der Waals surface area contributed by atoms with Gasteiger partial charge in [-0.15, -0.1) is 0 Å². The summed E-state index contributed by atoms with van der Waals surface area (Å²) in [5, 5.41) is 29.4. The average molecular weight is 999 g/mol. The predicted molar refractivity (Wildman–Crippen MR) is 280 cm³/mol. The Kier molecular flexibility index (Phi) is 13.3. The van der Waals surface area contributed by atoms with Gasteiger partial charge in [-0.2, -0.15) is 0 Å². The van der Waals surface area contributed by atoms with Crippen molar-refractivity contribution in [3.63, 3.8) is 0 Å². The molecular formula is C62H66N2O10. The van der Waals surface area contributed by atoms with Crippen molar-refractivity contribution in [3.05, 3.63) is 153 Å². The highest BCUT2D eigenvalue weighted by Gasteiger charge is 2.61. The second-order valence-electron chi connectivity index (χ2n) is 21.9. The highest BCUT2D eigenvalue weighted by atomic mass is 16.5. The Bertz CT molecular complexity index is 3090. The van der Waals surface area contributed by atoms with Gasteiger partial charge in [0.2, 0.25) is 11.8 Å². The highest BCUT2D eigenvalue weighted by Crippen LogP contribution is 2.62. The molecule has 4 saturated carbocycles. The summed E-state index contributed by atoms with van der Waals surface area (Å²) in [6.07, 6.45) is 10.3. The van der Waals surface area contributed by atoms with Crippen LogP contribution in [0.5, 0.6) is 23.3 Å². The molecule has 0 bridgehead atoms. The Morgan fingerprint density at radius 3 is 1.45 bits per heavy atom. The second-order valence-corrected chi connectivity index (χ2v) is 21.9. The van der Waals surface area contributed by atoms with E-state index in [0.29, 0.717) is 63.6 Å². The van der Waals surface area contributed by atoms with Gasteiger partial charge >= 0.3 is 11.9 Å². The molecule has 6 aromatic rings. The lowest BCUT2D eigenvalue weighted by atomic mass is 9.94. The Hall–Kier alpha value is -6.76. The highest BCUT2D eigenvalue weighted by molar-refractivity contribution is 5.80. The third kappa shape index (κ3) is 10.5. The summed E-state index contributed by atoms with van der Waals surface area (Å²) in [6.45, 7) is 12.6. The molecule has 6 aliphatic carbocycles. The summed E-state index contributed by atoms with van der Waals surface area (Å²) in [7, 11) is 0. The van der Waals surface area contributed by atoms with E-state index in [4.69, 9.17) is 23.7 Å². The van der Waals surface area contributed by atoms with Crippen LogP contribution >= 0.6 is 0 Å². The van der Waals surface area contributed by atoms with E-state index in [9.17, 15) is 24.9 Å². The molecule has 0 saturated heterocycles. The van der Waals surface area contributed by atoms with Crippen molar-refractivity contribution in [2.45, 2.75) is 122 Å². The number of fused-ring (bicyclic) bond motifs is 6. The fraction of sp³-hybridized carbons (Fsp3) is 0.419. The van der Waals surface area contributed by atoms with Crippen LogP contribution in [0.2, 0.25) is 0 Å². The standard InChI is InChI=1S/C32H35NO5.C30H31NO5/c1-4-36-31(34)30-25-15-23-16-27(33-17-26(23)29(25)30)38-18-21-6-5-7-22(14-21)28-19(2)12-24(13-20(28)3)37-11-10-32(35)8-9-32;1-17-10-22(35-9-8-30(34)6-7-30)11-18(2)26(17)20-5-3-4-19(12-20)16-36-25-14-21-13-23-27(24(21)15-31-25)28(23)29(32)33/h5-7,12-14,16-17,25,29-30,35H,4,8-11,15,18H2,1-3H3;3-5,10-12,14-15,23,27-28,34H,6-9,13,16H2,1-2H3,(H,32,33)/t25-,29-,30+;23-,27-,28+/m11/s1. The van der Waals surface area contributed by atoms with Gasteiger partial charge in [0.1, 0.15) is 24.7 Å². The van der Waals surface area contributed by atoms with E-state index in [1.165, 1.54) is 27.8 Å². The molecule has 0 unspecified atom stereocenters. The Morgan fingerprint density at radius 2 is 1.03 bits per heavy atom. The van der Waals surface area contributed by atoms with E-state index >= 15 is 0 Å². The van der Waals surface area contributed by atoms with Crippen LogP contribution in [0.1, 0.15) is 113 Å². The van der Waals surface area contributed by atoms with Crippen LogP contribution < -0.4 is 18.9 Å². The smallest absolute Gasteiger partial charge is 0.309 e. The number of benzene rings is 4. The molecular weight excluding hydrogens is 933 g/mol. The maximum absolute atomic E-state index is 12.1. The van der Waals surface area contributed by atoms with Crippen LogP contribution in [-0.4, -0.2) is 68.2 Å². The van der Waals surface area contributed by atoms with Crippen molar-refractivity contribution in [1.82, 2.24) is 9.97 Å². The van der Waals surface area contributed by atoms with E-state index < -0.39 is 17.2 Å².